The molecule has 0 saturated carbocycles. The van der Waals surface area contributed by atoms with E-state index in [-0.39, 0.29) is 0 Å². The van der Waals surface area contributed by atoms with Crippen LogP contribution in [0.2, 0.25) is 0 Å². The first-order chi connectivity index (χ1) is 7.42. The van der Waals surface area contributed by atoms with Crippen molar-refractivity contribution in [3.63, 3.8) is 0 Å². The van der Waals surface area contributed by atoms with E-state index in [1.807, 2.05) is 18.2 Å². The topological polar surface area (TPSA) is 32.3 Å². The SMILES string of the molecule is O/C=C(\c1ccccc1)C1CCNCC1. The molecular formula is C13H17NO. The normalized spacial score (nSPS) is 19.1. The van der Waals surface area contributed by atoms with Gasteiger partial charge in [-0.25, -0.2) is 0 Å². The predicted molar refractivity (Wildman–Crippen MR) is 62.6 cm³/mol. The van der Waals surface area contributed by atoms with Crippen molar-refractivity contribution >= 4 is 5.57 Å². The quantitative estimate of drug-likeness (QED) is 0.724. The summed E-state index contributed by atoms with van der Waals surface area (Å²) in [7, 11) is 0. The highest BCUT2D eigenvalue weighted by Gasteiger charge is 2.18. The van der Waals surface area contributed by atoms with Crippen LogP contribution in [0.1, 0.15) is 18.4 Å². The lowest BCUT2D eigenvalue weighted by Crippen LogP contribution is -2.28. The Kier molecular flexibility index (Phi) is 3.41. The molecule has 80 valence electrons. The molecule has 2 nitrogen and oxygen atoms in total. The van der Waals surface area contributed by atoms with Crippen LogP contribution in [0.25, 0.3) is 5.57 Å². The first-order valence-electron chi connectivity index (χ1n) is 5.52. The number of piperidine rings is 1. The minimum Gasteiger partial charge on any atom is -0.515 e. The zero-order valence-electron chi connectivity index (χ0n) is 8.82. The maximum Gasteiger partial charge on any atom is 0.0832 e. The highest BCUT2D eigenvalue weighted by atomic mass is 16.2. The van der Waals surface area contributed by atoms with Crippen LogP contribution in [0.4, 0.5) is 0 Å². The Balaban J connectivity index is 2.17. The fourth-order valence-electron chi connectivity index (χ4n) is 2.18. The summed E-state index contributed by atoms with van der Waals surface area (Å²) in [5.41, 5.74) is 2.23. The number of benzene rings is 1. The van der Waals surface area contributed by atoms with E-state index in [9.17, 15) is 5.11 Å². The van der Waals surface area contributed by atoms with Gasteiger partial charge < -0.3 is 10.4 Å². The van der Waals surface area contributed by atoms with Crippen molar-refractivity contribution < 1.29 is 5.11 Å². The molecule has 1 aromatic carbocycles. The summed E-state index contributed by atoms with van der Waals surface area (Å²) in [4.78, 5) is 0. The lowest BCUT2D eigenvalue weighted by atomic mass is 9.86. The average Bonchev–Trinajstić information content (AvgIpc) is 2.33. The minimum absolute atomic E-state index is 0.499. The fraction of sp³-hybridized carbons (Fsp3) is 0.385. The number of nitrogens with one attached hydrogen (secondary N) is 1. The summed E-state index contributed by atoms with van der Waals surface area (Å²) in [6, 6.07) is 10.1. The van der Waals surface area contributed by atoms with Gasteiger partial charge in [-0.3, -0.25) is 0 Å². The van der Waals surface area contributed by atoms with Crippen LogP contribution in [-0.2, 0) is 0 Å². The highest BCUT2D eigenvalue weighted by molar-refractivity contribution is 5.66. The Morgan fingerprint density at radius 2 is 1.87 bits per heavy atom. The monoisotopic (exact) mass is 203 g/mol. The number of allylic oxidation sites excluding steroid dienone is 1. The standard InChI is InChI=1S/C13H17NO/c15-10-13(11-4-2-1-3-5-11)12-6-8-14-9-7-12/h1-5,10,12,14-15H,6-9H2/b13-10+. The molecule has 1 aromatic rings. The van der Waals surface area contributed by atoms with Crippen LogP contribution < -0.4 is 5.32 Å². The Morgan fingerprint density at radius 3 is 2.47 bits per heavy atom. The van der Waals surface area contributed by atoms with Crippen molar-refractivity contribution in [2.24, 2.45) is 5.92 Å². The van der Waals surface area contributed by atoms with Crippen LogP contribution in [0.5, 0.6) is 0 Å². The zero-order valence-corrected chi connectivity index (χ0v) is 8.82. The van der Waals surface area contributed by atoms with E-state index in [0.29, 0.717) is 5.92 Å². The molecule has 0 radical (unpaired) electrons. The second-order valence-corrected chi connectivity index (χ2v) is 3.97. The van der Waals surface area contributed by atoms with Gasteiger partial charge in [-0.1, -0.05) is 30.3 Å². The minimum atomic E-state index is 0.499. The van der Waals surface area contributed by atoms with Gasteiger partial charge in [-0.15, -0.1) is 0 Å². The van der Waals surface area contributed by atoms with E-state index in [4.69, 9.17) is 0 Å². The van der Waals surface area contributed by atoms with Crippen molar-refractivity contribution in [2.75, 3.05) is 13.1 Å². The Labute approximate surface area is 90.6 Å². The van der Waals surface area contributed by atoms with Gasteiger partial charge in [0.25, 0.3) is 0 Å². The number of hydrogen-bond acceptors (Lipinski definition) is 2. The third-order valence-corrected chi connectivity index (χ3v) is 3.03. The van der Waals surface area contributed by atoms with Crippen molar-refractivity contribution in [1.82, 2.24) is 5.32 Å². The lowest BCUT2D eigenvalue weighted by molar-refractivity contribution is 0.427. The average molecular weight is 203 g/mol. The molecule has 0 bridgehead atoms. The molecule has 1 saturated heterocycles. The molecule has 0 spiro atoms. The summed E-state index contributed by atoms with van der Waals surface area (Å²) in [6.45, 7) is 2.10. The molecule has 15 heavy (non-hydrogen) atoms. The molecule has 1 heterocycles. The zero-order chi connectivity index (χ0) is 10.5. The third-order valence-electron chi connectivity index (χ3n) is 3.03. The molecular weight excluding hydrogens is 186 g/mol. The number of rotatable bonds is 2. The number of aliphatic hydroxyl groups is 1. The van der Waals surface area contributed by atoms with Gasteiger partial charge in [-0.2, -0.15) is 0 Å². The number of hydrogen-bond donors (Lipinski definition) is 2. The second kappa shape index (κ2) is 4.99. The molecule has 2 N–H and O–H groups in total. The smallest absolute Gasteiger partial charge is 0.0832 e. The van der Waals surface area contributed by atoms with Crippen LogP contribution in [0.3, 0.4) is 0 Å². The van der Waals surface area contributed by atoms with Gasteiger partial charge in [0.1, 0.15) is 0 Å². The van der Waals surface area contributed by atoms with Gasteiger partial charge in [-0.05, 0) is 43.0 Å². The second-order valence-electron chi connectivity index (χ2n) is 3.97. The van der Waals surface area contributed by atoms with E-state index in [1.165, 1.54) is 6.26 Å². The molecule has 0 amide bonds. The molecule has 0 aromatic heterocycles. The summed E-state index contributed by atoms with van der Waals surface area (Å²) in [5, 5.41) is 12.7. The summed E-state index contributed by atoms with van der Waals surface area (Å²) < 4.78 is 0. The van der Waals surface area contributed by atoms with E-state index < -0.39 is 0 Å². The Morgan fingerprint density at radius 1 is 1.20 bits per heavy atom. The van der Waals surface area contributed by atoms with Crippen LogP contribution in [0.15, 0.2) is 36.6 Å². The molecule has 1 aliphatic heterocycles. The lowest BCUT2D eigenvalue weighted by Gasteiger charge is -2.24. The Bertz CT molecular complexity index is 326. The molecule has 2 rings (SSSR count). The molecule has 1 fully saturated rings. The van der Waals surface area contributed by atoms with Crippen LogP contribution in [0, 0.1) is 5.92 Å². The molecule has 0 atom stereocenters. The maximum atomic E-state index is 9.35. The van der Waals surface area contributed by atoms with Gasteiger partial charge in [0, 0.05) is 0 Å². The van der Waals surface area contributed by atoms with Gasteiger partial charge in [0.2, 0.25) is 0 Å². The van der Waals surface area contributed by atoms with E-state index >= 15 is 0 Å². The van der Waals surface area contributed by atoms with Crippen molar-refractivity contribution in [3.05, 3.63) is 42.2 Å². The molecule has 2 heteroatoms. The maximum absolute atomic E-state index is 9.35. The first kappa shape index (κ1) is 10.2. The summed E-state index contributed by atoms with van der Waals surface area (Å²) in [5.74, 6) is 0.499. The van der Waals surface area contributed by atoms with E-state index in [1.54, 1.807) is 0 Å². The first-order valence-corrected chi connectivity index (χ1v) is 5.52. The Hall–Kier alpha value is -1.28. The third kappa shape index (κ3) is 2.39. The fourth-order valence-corrected chi connectivity index (χ4v) is 2.18. The predicted octanol–water partition coefficient (Wildman–Crippen LogP) is 2.59. The molecule has 1 aliphatic rings. The van der Waals surface area contributed by atoms with E-state index in [0.717, 1.165) is 37.1 Å². The van der Waals surface area contributed by atoms with Crippen molar-refractivity contribution in [1.29, 1.82) is 0 Å². The van der Waals surface area contributed by atoms with E-state index in [2.05, 4.69) is 17.4 Å². The summed E-state index contributed by atoms with van der Waals surface area (Å²) >= 11 is 0. The molecule has 0 aliphatic carbocycles. The highest BCUT2D eigenvalue weighted by Crippen LogP contribution is 2.29. The van der Waals surface area contributed by atoms with Gasteiger partial charge in [0.15, 0.2) is 0 Å². The van der Waals surface area contributed by atoms with Crippen molar-refractivity contribution in [3.8, 4) is 0 Å². The van der Waals surface area contributed by atoms with Gasteiger partial charge in [0.05, 0.1) is 6.26 Å². The summed E-state index contributed by atoms with van der Waals surface area (Å²) in [6.07, 6.45) is 3.51. The van der Waals surface area contributed by atoms with Crippen LogP contribution in [-0.4, -0.2) is 18.2 Å². The largest absolute Gasteiger partial charge is 0.515 e. The van der Waals surface area contributed by atoms with Crippen LogP contribution >= 0.6 is 0 Å². The number of aliphatic hydroxyl groups excluding tert-OH is 1. The van der Waals surface area contributed by atoms with Crippen molar-refractivity contribution in [2.45, 2.75) is 12.8 Å². The van der Waals surface area contributed by atoms with Gasteiger partial charge >= 0.3 is 0 Å². The molecule has 0 unspecified atom stereocenters.